The van der Waals surface area contributed by atoms with Crippen molar-refractivity contribution in [3.8, 4) is 0 Å². The first kappa shape index (κ1) is 17.0. The molecular formula is C13H16F3N3O2. The highest BCUT2D eigenvalue weighted by molar-refractivity contribution is 5.85. The van der Waals surface area contributed by atoms with E-state index in [2.05, 4.69) is 5.32 Å². The summed E-state index contributed by atoms with van der Waals surface area (Å²) in [5.41, 5.74) is 4.66. The molecule has 0 aliphatic heterocycles. The van der Waals surface area contributed by atoms with Gasteiger partial charge in [0, 0.05) is 13.6 Å². The van der Waals surface area contributed by atoms with Crippen LogP contribution in [0, 0.1) is 0 Å². The molecule has 8 heteroatoms. The molecule has 1 aromatic rings. The molecule has 0 saturated heterocycles. The fourth-order valence-corrected chi connectivity index (χ4v) is 1.59. The summed E-state index contributed by atoms with van der Waals surface area (Å²) in [4.78, 5) is 23.8. The van der Waals surface area contributed by atoms with Crippen molar-refractivity contribution in [2.75, 3.05) is 20.1 Å². The minimum absolute atomic E-state index is 0.0151. The second kappa shape index (κ2) is 7.07. The van der Waals surface area contributed by atoms with Crippen LogP contribution < -0.4 is 11.1 Å². The lowest BCUT2D eigenvalue weighted by molar-refractivity contribution is -0.137. The average Bonchev–Trinajstić information content (AvgIpc) is 2.43. The molecule has 1 aromatic carbocycles. The predicted molar refractivity (Wildman–Crippen MR) is 70.0 cm³/mol. The van der Waals surface area contributed by atoms with Crippen molar-refractivity contribution in [3.05, 3.63) is 35.4 Å². The number of benzene rings is 1. The predicted octanol–water partition coefficient (Wildman–Crippen LogP) is 0.739. The van der Waals surface area contributed by atoms with Crippen molar-refractivity contribution in [1.82, 2.24) is 10.2 Å². The largest absolute Gasteiger partial charge is 0.416 e. The minimum atomic E-state index is -4.42. The van der Waals surface area contributed by atoms with E-state index in [-0.39, 0.29) is 19.6 Å². The summed E-state index contributed by atoms with van der Waals surface area (Å²) in [5.74, 6) is -0.898. The van der Waals surface area contributed by atoms with Crippen LogP contribution in [0.5, 0.6) is 0 Å². The Labute approximate surface area is 119 Å². The van der Waals surface area contributed by atoms with E-state index < -0.39 is 23.6 Å². The van der Waals surface area contributed by atoms with Crippen LogP contribution in [0.1, 0.15) is 11.1 Å². The number of nitrogens with two attached hydrogens (primary N) is 1. The van der Waals surface area contributed by atoms with E-state index in [0.29, 0.717) is 5.56 Å². The van der Waals surface area contributed by atoms with Crippen LogP contribution in [0.15, 0.2) is 24.3 Å². The van der Waals surface area contributed by atoms with Crippen LogP contribution in [-0.4, -0.2) is 36.9 Å². The summed E-state index contributed by atoms with van der Waals surface area (Å²) in [6, 6.07) is 4.74. The molecule has 2 amide bonds. The van der Waals surface area contributed by atoms with Crippen molar-refractivity contribution >= 4 is 11.8 Å². The Hall–Kier alpha value is -2.09. The van der Waals surface area contributed by atoms with E-state index in [9.17, 15) is 22.8 Å². The molecule has 0 fully saturated rings. The Morgan fingerprint density at radius 3 is 2.57 bits per heavy atom. The zero-order chi connectivity index (χ0) is 16.0. The van der Waals surface area contributed by atoms with Gasteiger partial charge < -0.3 is 16.0 Å². The van der Waals surface area contributed by atoms with E-state index in [1.54, 1.807) is 0 Å². The zero-order valence-electron chi connectivity index (χ0n) is 11.4. The number of amides is 2. The molecule has 3 N–H and O–H groups in total. The van der Waals surface area contributed by atoms with E-state index in [0.717, 1.165) is 12.1 Å². The summed E-state index contributed by atoms with van der Waals surface area (Å²) in [7, 11) is 1.44. The van der Waals surface area contributed by atoms with Crippen molar-refractivity contribution in [1.29, 1.82) is 0 Å². The van der Waals surface area contributed by atoms with Crippen molar-refractivity contribution < 1.29 is 22.8 Å². The Balaban J connectivity index is 2.64. The highest BCUT2D eigenvalue weighted by Crippen LogP contribution is 2.29. The van der Waals surface area contributed by atoms with E-state index in [1.807, 2.05) is 0 Å². The van der Waals surface area contributed by atoms with Crippen LogP contribution in [-0.2, 0) is 22.3 Å². The number of alkyl halides is 3. The van der Waals surface area contributed by atoms with Gasteiger partial charge in [0.1, 0.15) is 0 Å². The third kappa shape index (κ3) is 5.42. The van der Waals surface area contributed by atoms with Gasteiger partial charge in [0.25, 0.3) is 0 Å². The highest BCUT2D eigenvalue weighted by atomic mass is 19.4. The SMILES string of the molecule is CN(Cc1cccc(C(F)(F)F)c1)C(=O)CNC(=O)CN. The maximum Gasteiger partial charge on any atom is 0.416 e. The number of hydrogen-bond acceptors (Lipinski definition) is 3. The summed E-state index contributed by atoms with van der Waals surface area (Å²) >= 11 is 0. The Morgan fingerprint density at radius 2 is 2.00 bits per heavy atom. The number of nitrogens with one attached hydrogen (secondary N) is 1. The lowest BCUT2D eigenvalue weighted by Gasteiger charge is -2.18. The van der Waals surface area contributed by atoms with Gasteiger partial charge in [-0.15, -0.1) is 0 Å². The molecule has 0 atom stereocenters. The van der Waals surface area contributed by atoms with Crippen LogP contribution in [0.25, 0.3) is 0 Å². The molecule has 5 nitrogen and oxygen atoms in total. The monoisotopic (exact) mass is 303 g/mol. The number of carbonyl (C=O) groups excluding carboxylic acids is 2. The first-order valence-corrected chi connectivity index (χ1v) is 6.11. The second-order valence-corrected chi connectivity index (χ2v) is 4.43. The smallest absolute Gasteiger partial charge is 0.346 e. The van der Waals surface area contributed by atoms with Gasteiger partial charge in [-0.3, -0.25) is 9.59 Å². The molecule has 0 bridgehead atoms. The summed E-state index contributed by atoms with van der Waals surface area (Å²) < 4.78 is 37.7. The molecular weight excluding hydrogens is 287 g/mol. The molecule has 0 aromatic heterocycles. The van der Waals surface area contributed by atoms with Gasteiger partial charge >= 0.3 is 6.18 Å². The van der Waals surface area contributed by atoms with Crippen molar-refractivity contribution in [3.63, 3.8) is 0 Å². The second-order valence-electron chi connectivity index (χ2n) is 4.43. The molecule has 0 saturated carbocycles. The van der Waals surface area contributed by atoms with Gasteiger partial charge in [0.05, 0.1) is 18.7 Å². The summed E-state index contributed by atoms with van der Waals surface area (Å²) in [5, 5.41) is 2.30. The van der Waals surface area contributed by atoms with Crippen LogP contribution in [0.2, 0.25) is 0 Å². The molecule has 0 heterocycles. The maximum atomic E-state index is 12.6. The van der Waals surface area contributed by atoms with Gasteiger partial charge in [-0.25, -0.2) is 0 Å². The lowest BCUT2D eigenvalue weighted by Crippen LogP contribution is -2.40. The number of halogens is 3. The van der Waals surface area contributed by atoms with Crippen molar-refractivity contribution in [2.24, 2.45) is 5.73 Å². The van der Waals surface area contributed by atoms with Gasteiger partial charge in [-0.05, 0) is 17.7 Å². The number of hydrogen-bond donors (Lipinski definition) is 2. The van der Waals surface area contributed by atoms with Gasteiger partial charge in [-0.1, -0.05) is 12.1 Å². The Morgan fingerprint density at radius 1 is 1.33 bits per heavy atom. The first-order valence-electron chi connectivity index (χ1n) is 6.11. The Bertz CT molecular complexity index is 518. The van der Waals surface area contributed by atoms with Crippen LogP contribution in [0.3, 0.4) is 0 Å². The fourth-order valence-electron chi connectivity index (χ4n) is 1.59. The van der Waals surface area contributed by atoms with E-state index in [1.165, 1.54) is 24.1 Å². The molecule has 0 spiro atoms. The standard InChI is InChI=1S/C13H16F3N3O2/c1-19(12(21)7-18-11(20)6-17)8-9-3-2-4-10(5-9)13(14,15)16/h2-5H,6-8,17H2,1H3,(H,18,20). The van der Waals surface area contributed by atoms with E-state index >= 15 is 0 Å². The first-order chi connectivity index (χ1) is 9.74. The zero-order valence-corrected chi connectivity index (χ0v) is 11.4. The molecule has 0 radical (unpaired) electrons. The molecule has 21 heavy (non-hydrogen) atoms. The van der Waals surface area contributed by atoms with Crippen molar-refractivity contribution in [2.45, 2.75) is 12.7 Å². The van der Waals surface area contributed by atoms with Crippen LogP contribution >= 0.6 is 0 Å². The quantitative estimate of drug-likeness (QED) is 0.842. The number of carbonyl (C=O) groups is 2. The molecule has 0 aliphatic carbocycles. The topological polar surface area (TPSA) is 75.4 Å². The Kier molecular flexibility index (Phi) is 5.71. The van der Waals surface area contributed by atoms with Gasteiger partial charge in [0.2, 0.25) is 11.8 Å². The fraction of sp³-hybridized carbons (Fsp3) is 0.385. The van der Waals surface area contributed by atoms with Crippen LogP contribution in [0.4, 0.5) is 13.2 Å². The number of rotatable bonds is 5. The molecule has 0 aliphatic rings. The molecule has 116 valence electrons. The summed E-state index contributed by atoms with van der Waals surface area (Å²) in [6.45, 7) is -0.461. The highest BCUT2D eigenvalue weighted by Gasteiger charge is 2.30. The van der Waals surface area contributed by atoms with E-state index in [4.69, 9.17) is 5.73 Å². The number of likely N-dealkylation sites (N-methyl/N-ethyl adjacent to an activating group) is 1. The maximum absolute atomic E-state index is 12.6. The number of nitrogens with zero attached hydrogens (tertiary/aromatic N) is 1. The third-order valence-corrected chi connectivity index (χ3v) is 2.72. The average molecular weight is 303 g/mol. The summed E-state index contributed by atoms with van der Waals surface area (Å²) in [6.07, 6.45) is -4.42. The molecule has 0 unspecified atom stereocenters. The normalized spacial score (nSPS) is 11.1. The van der Waals surface area contributed by atoms with Gasteiger partial charge in [0.15, 0.2) is 0 Å². The molecule has 1 rings (SSSR count). The lowest BCUT2D eigenvalue weighted by atomic mass is 10.1. The minimum Gasteiger partial charge on any atom is -0.346 e. The third-order valence-electron chi connectivity index (χ3n) is 2.72. The van der Waals surface area contributed by atoms with Gasteiger partial charge in [-0.2, -0.15) is 13.2 Å².